The molecule has 0 aromatic carbocycles. The molecule has 18 heavy (non-hydrogen) atoms. The number of carbonyl (C=O) groups excluding carboxylic acids is 1. The molecule has 0 saturated heterocycles. The van der Waals surface area contributed by atoms with E-state index in [0.29, 0.717) is 13.0 Å². The number of amides is 1. The van der Waals surface area contributed by atoms with E-state index in [1.807, 2.05) is 18.3 Å². The summed E-state index contributed by atoms with van der Waals surface area (Å²) in [6.07, 6.45) is 5.87. The third-order valence-corrected chi connectivity index (χ3v) is 3.74. The van der Waals surface area contributed by atoms with Crippen molar-refractivity contribution < 1.29 is 4.79 Å². The predicted octanol–water partition coefficient (Wildman–Crippen LogP) is 2.76. The molecular formula is C12H14ClN3OS. The van der Waals surface area contributed by atoms with E-state index in [1.54, 1.807) is 6.20 Å². The number of aromatic nitrogens is 2. The Labute approximate surface area is 114 Å². The van der Waals surface area contributed by atoms with Gasteiger partial charge in [0.05, 0.1) is 17.1 Å². The second-order valence-corrected chi connectivity index (χ2v) is 5.74. The third kappa shape index (κ3) is 4.16. The number of hydrogen-bond donors (Lipinski definition) is 2. The monoisotopic (exact) mass is 283 g/mol. The predicted molar refractivity (Wildman–Crippen MR) is 72.7 cm³/mol. The van der Waals surface area contributed by atoms with E-state index in [4.69, 9.17) is 11.6 Å². The topological polar surface area (TPSA) is 57.8 Å². The van der Waals surface area contributed by atoms with Crippen LogP contribution >= 0.6 is 22.9 Å². The number of aryl methyl sites for hydroxylation is 1. The number of rotatable bonds is 6. The van der Waals surface area contributed by atoms with Crippen LogP contribution in [0.5, 0.6) is 0 Å². The molecule has 0 atom stereocenters. The fourth-order valence-corrected chi connectivity index (χ4v) is 2.62. The molecule has 0 spiro atoms. The number of nitrogens with zero attached hydrogens (tertiary/aromatic N) is 1. The van der Waals surface area contributed by atoms with Gasteiger partial charge < -0.3 is 5.32 Å². The van der Waals surface area contributed by atoms with Crippen LogP contribution in [0.1, 0.15) is 23.3 Å². The molecule has 2 aromatic heterocycles. The minimum absolute atomic E-state index is 0.0722. The summed E-state index contributed by atoms with van der Waals surface area (Å²) in [7, 11) is 0. The largest absolute Gasteiger partial charge is 0.351 e. The van der Waals surface area contributed by atoms with Crippen molar-refractivity contribution in [2.45, 2.75) is 25.8 Å². The molecule has 2 heterocycles. The fourth-order valence-electron chi connectivity index (χ4n) is 1.59. The van der Waals surface area contributed by atoms with Crippen LogP contribution in [0.2, 0.25) is 4.34 Å². The first-order chi connectivity index (χ1) is 8.74. The van der Waals surface area contributed by atoms with E-state index in [2.05, 4.69) is 15.5 Å². The Morgan fingerprint density at radius 1 is 1.50 bits per heavy atom. The summed E-state index contributed by atoms with van der Waals surface area (Å²) >= 11 is 7.30. The summed E-state index contributed by atoms with van der Waals surface area (Å²) in [6.45, 7) is 0.557. The standard InChI is InChI=1S/C12H14ClN3OS/c13-11-5-4-10(18-11)8-14-12(17)3-1-2-9-6-15-16-7-9/h4-7H,1-3,8H2,(H,14,17)(H,15,16). The molecule has 0 unspecified atom stereocenters. The summed E-state index contributed by atoms with van der Waals surface area (Å²) in [6, 6.07) is 3.77. The van der Waals surface area contributed by atoms with Crippen molar-refractivity contribution in [2.24, 2.45) is 0 Å². The zero-order valence-corrected chi connectivity index (χ0v) is 11.4. The number of thiophene rings is 1. The van der Waals surface area contributed by atoms with E-state index < -0.39 is 0 Å². The Kier molecular flexibility index (Phi) is 4.78. The first-order valence-corrected chi connectivity index (χ1v) is 6.92. The Morgan fingerprint density at radius 3 is 3.06 bits per heavy atom. The number of nitrogens with one attached hydrogen (secondary N) is 2. The lowest BCUT2D eigenvalue weighted by atomic mass is 10.1. The highest BCUT2D eigenvalue weighted by Gasteiger charge is 2.03. The summed E-state index contributed by atoms with van der Waals surface area (Å²) in [5.74, 6) is 0.0722. The molecule has 1 amide bonds. The van der Waals surface area contributed by atoms with Gasteiger partial charge >= 0.3 is 0 Å². The summed E-state index contributed by atoms with van der Waals surface area (Å²) in [5.41, 5.74) is 1.13. The van der Waals surface area contributed by atoms with Gasteiger partial charge in [0.15, 0.2) is 0 Å². The Bertz CT molecular complexity index is 495. The molecule has 2 N–H and O–H groups in total. The molecule has 2 rings (SSSR count). The second-order valence-electron chi connectivity index (χ2n) is 3.94. The molecule has 2 aromatic rings. The zero-order valence-electron chi connectivity index (χ0n) is 9.78. The average Bonchev–Trinajstić information content (AvgIpc) is 2.98. The van der Waals surface area contributed by atoms with Crippen molar-refractivity contribution in [3.05, 3.63) is 39.3 Å². The molecule has 0 bridgehead atoms. The Morgan fingerprint density at radius 2 is 2.39 bits per heavy atom. The van der Waals surface area contributed by atoms with Gasteiger partial charge in [0.2, 0.25) is 5.91 Å². The van der Waals surface area contributed by atoms with Gasteiger partial charge in [0.25, 0.3) is 0 Å². The summed E-state index contributed by atoms with van der Waals surface area (Å²) in [5, 5.41) is 9.50. The maximum absolute atomic E-state index is 11.6. The molecule has 6 heteroatoms. The van der Waals surface area contributed by atoms with Gasteiger partial charge in [-0.1, -0.05) is 11.6 Å². The zero-order chi connectivity index (χ0) is 12.8. The van der Waals surface area contributed by atoms with Crippen LogP contribution in [-0.2, 0) is 17.8 Å². The van der Waals surface area contributed by atoms with E-state index in [9.17, 15) is 4.79 Å². The van der Waals surface area contributed by atoms with Gasteiger partial charge in [-0.2, -0.15) is 5.10 Å². The number of carbonyl (C=O) groups is 1. The lowest BCUT2D eigenvalue weighted by Crippen LogP contribution is -2.21. The van der Waals surface area contributed by atoms with Crippen LogP contribution in [0.3, 0.4) is 0 Å². The van der Waals surface area contributed by atoms with Crippen molar-refractivity contribution >= 4 is 28.8 Å². The van der Waals surface area contributed by atoms with Crippen molar-refractivity contribution in [3.63, 3.8) is 0 Å². The lowest BCUT2D eigenvalue weighted by molar-refractivity contribution is -0.121. The molecule has 4 nitrogen and oxygen atoms in total. The van der Waals surface area contributed by atoms with Crippen LogP contribution < -0.4 is 5.32 Å². The van der Waals surface area contributed by atoms with E-state index in [1.165, 1.54) is 11.3 Å². The van der Waals surface area contributed by atoms with Gasteiger partial charge in [-0.05, 0) is 30.5 Å². The maximum atomic E-state index is 11.6. The highest BCUT2D eigenvalue weighted by molar-refractivity contribution is 7.16. The van der Waals surface area contributed by atoms with Crippen LogP contribution in [-0.4, -0.2) is 16.1 Å². The number of hydrogen-bond acceptors (Lipinski definition) is 3. The van der Waals surface area contributed by atoms with Gasteiger partial charge in [-0.25, -0.2) is 0 Å². The number of H-pyrrole nitrogens is 1. The molecule has 0 radical (unpaired) electrons. The van der Waals surface area contributed by atoms with Crippen LogP contribution in [0.4, 0.5) is 0 Å². The minimum atomic E-state index is 0.0722. The molecule has 0 aliphatic rings. The number of aromatic amines is 1. The Hall–Kier alpha value is -1.33. The minimum Gasteiger partial charge on any atom is -0.351 e. The lowest BCUT2D eigenvalue weighted by Gasteiger charge is -2.02. The summed E-state index contributed by atoms with van der Waals surface area (Å²) in [4.78, 5) is 12.7. The van der Waals surface area contributed by atoms with Crippen molar-refractivity contribution in [2.75, 3.05) is 0 Å². The van der Waals surface area contributed by atoms with Gasteiger partial charge in [0.1, 0.15) is 0 Å². The first-order valence-electron chi connectivity index (χ1n) is 5.72. The smallest absolute Gasteiger partial charge is 0.220 e. The molecule has 0 aliphatic carbocycles. The number of halogens is 1. The molecule has 96 valence electrons. The SMILES string of the molecule is O=C(CCCc1cn[nH]c1)NCc1ccc(Cl)s1. The molecule has 0 fully saturated rings. The molecule has 0 aliphatic heterocycles. The normalized spacial score (nSPS) is 10.5. The van der Waals surface area contributed by atoms with E-state index in [-0.39, 0.29) is 5.91 Å². The highest BCUT2D eigenvalue weighted by Crippen LogP contribution is 2.20. The van der Waals surface area contributed by atoms with Crippen LogP contribution in [0.25, 0.3) is 0 Å². The van der Waals surface area contributed by atoms with Crippen molar-refractivity contribution in [1.82, 2.24) is 15.5 Å². The van der Waals surface area contributed by atoms with Gasteiger partial charge in [0, 0.05) is 17.5 Å². The van der Waals surface area contributed by atoms with Crippen LogP contribution in [0.15, 0.2) is 24.5 Å². The fraction of sp³-hybridized carbons (Fsp3) is 0.333. The summed E-state index contributed by atoms with van der Waals surface area (Å²) < 4.78 is 0.749. The van der Waals surface area contributed by atoms with Crippen molar-refractivity contribution in [3.8, 4) is 0 Å². The average molecular weight is 284 g/mol. The van der Waals surface area contributed by atoms with Crippen LogP contribution in [0, 0.1) is 0 Å². The van der Waals surface area contributed by atoms with E-state index in [0.717, 1.165) is 27.6 Å². The van der Waals surface area contributed by atoms with E-state index >= 15 is 0 Å². The quantitative estimate of drug-likeness (QED) is 0.856. The third-order valence-electron chi connectivity index (χ3n) is 2.51. The van der Waals surface area contributed by atoms with Crippen molar-refractivity contribution in [1.29, 1.82) is 0 Å². The van der Waals surface area contributed by atoms with Gasteiger partial charge in [-0.15, -0.1) is 11.3 Å². The maximum Gasteiger partial charge on any atom is 0.220 e. The first kappa shape index (κ1) is 13.1. The van der Waals surface area contributed by atoms with Gasteiger partial charge in [-0.3, -0.25) is 9.89 Å². The second kappa shape index (κ2) is 6.56. The molecule has 0 saturated carbocycles. The Balaban J connectivity index is 1.63. The molecular weight excluding hydrogens is 270 g/mol. The highest BCUT2D eigenvalue weighted by atomic mass is 35.5.